The molecule has 174 valence electrons. The van der Waals surface area contributed by atoms with Crippen LogP contribution in [0, 0.1) is 68.1 Å². The van der Waals surface area contributed by atoms with Gasteiger partial charge in [-0.2, -0.15) is 0 Å². The van der Waals surface area contributed by atoms with Gasteiger partial charge in [0, 0.05) is 83.7 Å². The highest BCUT2D eigenvalue weighted by Crippen LogP contribution is 1.84. The van der Waals surface area contributed by atoms with Crippen molar-refractivity contribution < 1.29 is 19.8 Å². The first kappa shape index (κ1) is 40.2. The smallest absolute Gasteiger partial charge is 0.304 e. The summed E-state index contributed by atoms with van der Waals surface area (Å²) in [6, 6.07) is 0. The third-order valence-corrected chi connectivity index (χ3v) is 2.82. The Bertz CT molecular complexity index is 752. The third kappa shape index (κ3) is 91.2. The Morgan fingerprint density at radius 1 is 0.656 bits per heavy atom. The van der Waals surface area contributed by atoms with Crippen molar-refractivity contribution in [1.82, 2.24) is 0 Å². The predicted molar refractivity (Wildman–Crippen MR) is 152 cm³/mol. The van der Waals surface area contributed by atoms with Gasteiger partial charge in [0.2, 0.25) is 0 Å². The largest absolute Gasteiger partial charge is 0.481 e. The van der Waals surface area contributed by atoms with Crippen molar-refractivity contribution in [2.45, 2.75) is 79.1 Å². The first-order valence-electron chi connectivity index (χ1n) is 9.72. The van der Waals surface area contributed by atoms with Crippen LogP contribution in [0.3, 0.4) is 0 Å². The summed E-state index contributed by atoms with van der Waals surface area (Å²) in [7, 11) is 0. The maximum absolute atomic E-state index is 9.98. The average molecular weight is 662 g/mol. The minimum Gasteiger partial charge on any atom is -0.481 e. The number of aliphatic carboxylic acids is 2. The molecule has 0 aromatic carbocycles. The van der Waals surface area contributed by atoms with Crippen LogP contribution in [-0.2, 0) is 9.59 Å². The normalized spacial score (nSPS) is 6.25. The molecule has 0 spiro atoms. The summed E-state index contributed by atoms with van der Waals surface area (Å²) in [5.74, 6) is 19.3. The second-order valence-corrected chi connectivity index (χ2v) is 5.83. The van der Waals surface area contributed by atoms with E-state index in [0.29, 0.717) is 12.8 Å². The fraction of sp³-hybridized carbons (Fsp3) is 0.462. The molecule has 0 aliphatic carbocycles. The van der Waals surface area contributed by atoms with Gasteiger partial charge in [-0.25, -0.2) is 0 Å². The van der Waals surface area contributed by atoms with Crippen LogP contribution < -0.4 is 0 Å². The highest BCUT2D eigenvalue weighted by Gasteiger charge is 1.90. The molecule has 0 saturated heterocycles. The van der Waals surface area contributed by atoms with E-state index in [-0.39, 0.29) is 12.8 Å². The molecule has 4 nitrogen and oxygen atoms in total. The lowest BCUT2D eigenvalue weighted by Gasteiger charge is -1.80. The molecule has 0 bridgehead atoms. The molecule has 0 saturated carbocycles. The van der Waals surface area contributed by atoms with Crippen LogP contribution in [0.1, 0.15) is 79.1 Å². The summed E-state index contributed by atoms with van der Waals surface area (Å²) < 4.78 is 5.47. The van der Waals surface area contributed by atoms with Crippen LogP contribution in [0.15, 0.2) is 0 Å². The zero-order chi connectivity index (χ0) is 25.9. The monoisotopic (exact) mass is 662 g/mol. The van der Waals surface area contributed by atoms with E-state index in [1.54, 1.807) is 0 Å². The average Bonchev–Trinajstić information content (AvgIpc) is 2.77. The summed E-state index contributed by atoms with van der Waals surface area (Å²) >= 11 is 4.05. The van der Waals surface area contributed by atoms with Crippen molar-refractivity contribution in [3.63, 3.8) is 0 Å². The van der Waals surface area contributed by atoms with Gasteiger partial charge in [0.1, 0.15) is 0 Å². The van der Waals surface area contributed by atoms with Crippen molar-refractivity contribution in [3.05, 3.63) is 0 Å². The second kappa shape index (κ2) is 46.8. The number of halogens is 2. The molecule has 0 heterocycles. The number of hydrogen-bond donors (Lipinski definition) is 2. The Labute approximate surface area is 222 Å². The predicted octanol–water partition coefficient (Wildman–Crippen LogP) is 6.37. The fourth-order valence-corrected chi connectivity index (χ4v) is 1.48. The van der Waals surface area contributed by atoms with Crippen LogP contribution in [0.25, 0.3) is 0 Å². The SMILES string of the molecule is C#CCC.C#CCCC(=O)O.CCC#CC#CCCC(=O)O.CCC#CI.CCC#CI. The first-order chi connectivity index (χ1) is 15.3. The second-order valence-electron chi connectivity index (χ2n) is 4.76. The molecule has 0 aliphatic rings. The van der Waals surface area contributed by atoms with Crippen molar-refractivity contribution in [2.75, 3.05) is 0 Å². The zero-order valence-corrected chi connectivity index (χ0v) is 23.6. The molecule has 6 heteroatoms. The van der Waals surface area contributed by atoms with Crippen molar-refractivity contribution >= 4 is 57.1 Å². The molecule has 32 heavy (non-hydrogen) atoms. The van der Waals surface area contributed by atoms with E-state index in [0.717, 1.165) is 25.7 Å². The lowest BCUT2D eigenvalue weighted by Crippen LogP contribution is -1.91. The maximum atomic E-state index is 9.98. The summed E-state index contributed by atoms with van der Waals surface area (Å²) in [5, 5.41) is 16.2. The molecule has 0 amide bonds. The van der Waals surface area contributed by atoms with Crippen molar-refractivity contribution in [3.8, 4) is 68.1 Å². The number of carboxylic acids is 2. The van der Waals surface area contributed by atoms with Gasteiger partial charge in [-0.15, -0.1) is 24.7 Å². The molecule has 2 N–H and O–H groups in total. The van der Waals surface area contributed by atoms with Gasteiger partial charge in [0.25, 0.3) is 0 Å². The number of terminal acetylenes is 2. The molecule has 0 aromatic heterocycles. The van der Waals surface area contributed by atoms with Gasteiger partial charge in [-0.1, -0.05) is 51.4 Å². The molecule has 0 rings (SSSR count). The van der Waals surface area contributed by atoms with Crippen LogP contribution in [0.4, 0.5) is 0 Å². The number of carboxylic acid groups (broad SMARTS) is 2. The van der Waals surface area contributed by atoms with Crippen LogP contribution >= 0.6 is 45.2 Å². The Morgan fingerprint density at radius 3 is 1.25 bits per heavy atom. The molecule has 0 fully saturated rings. The van der Waals surface area contributed by atoms with Gasteiger partial charge in [0.05, 0.1) is 12.8 Å². The number of carbonyl (C=O) groups is 2. The maximum Gasteiger partial charge on any atom is 0.304 e. The van der Waals surface area contributed by atoms with E-state index in [2.05, 4.69) is 55.2 Å². The Kier molecular flexibility index (Phi) is 58.7. The molecular weight excluding hydrogens is 630 g/mol. The molecule has 0 aliphatic heterocycles. The van der Waals surface area contributed by atoms with Crippen LogP contribution in [0.2, 0.25) is 0 Å². The van der Waals surface area contributed by atoms with Gasteiger partial charge >= 0.3 is 11.9 Å². The van der Waals surface area contributed by atoms with Gasteiger partial charge in [0.15, 0.2) is 0 Å². The Hall–Kier alpha value is -2.24. The quantitative estimate of drug-likeness (QED) is 0.272. The zero-order valence-electron chi connectivity index (χ0n) is 19.3. The Morgan fingerprint density at radius 2 is 1.03 bits per heavy atom. The van der Waals surface area contributed by atoms with Gasteiger partial charge < -0.3 is 10.2 Å². The van der Waals surface area contributed by atoms with Gasteiger partial charge in [-0.3, -0.25) is 9.59 Å². The third-order valence-electron chi connectivity index (χ3n) is 2.05. The topological polar surface area (TPSA) is 74.6 Å². The van der Waals surface area contributed by atoms with Gasteiger partial charge in [-0.05, 0) is 19.7 Å². The minimum absolute atomic E-state index is 0.0799. The van der Waals surface area contributed by atoms with Crippen molar-refractivity contribution in [1.29, 1.82) is 0 Å². The lowest BCUT2D eigenvalue weighted by atomic mass is 10.3. The molecular formula is C26H32I2O4. The number of hydrogen-bond acceptors (Lipinski definition) is 2. The lowest BCUT2D eigenvalue weighted by molar-refractivity contribution is -0.137. The van der Waals surface area contributed by atoms with E-state index in [1.165, 1.54) is 0 Å². The van der Waals surface area contributed by atoms with E-state index in [1.807, 2.05) is 72.9 Å². The first-order valence-corrected chi connectivity index (χ1v) is 11.9. The van der Waals surface area contributed by atoms with E-state index in [4.69, 9.17) is 23.1 Å². The Balaban J connectivity index is -0.000000101. The standard InChI is InChI=1S/C9H10O2.C5H6O2.2C4H5I.C4H6/c1-2-3-4-5-6-7-8-9(10)11;1-2-3-4-5(6)7;2*1-2-3-4-5;1-3-4-2/h2,7-8H2,1H3,(H,10,11);1H,3-4H2,(H,6,7);2*2H2,1H3;1H,4H2,2H3. The minimum atomic E-state index is -0.835. The molecule has 0 aromatic rings. The highest BCUT2D eigenvalue weighted by atomic mass is 127. The number of rotatable bonds is 4. The van der Waals surface area contributed by atoms with Crippen LogP contribution in [0.5, 0.6) is 0 Å². The summed E-state index contributed by atoms with van der Waals surface area (Å²) in [4.78, 5) is 19.6. The van der Waals surface area contributed by atoms with E-state index < -0.39 is 11.9 Å². The van der Waals surface area contributed by atoms with Crippen molar-refractivity contribution in [2.24, 2.45) is 0 Å². The fourth-order valence-electron chi connectivity index (χ4n) is 0.721. The summed E-state index contributed by atoms with van der Waals surface area (Å²) in [6.07, 6.45) is 14.0. The highest BCUT2D eigenvalue weighted by molar-refractivity contribution is 14.1. The molecule has 0 atom stereocenters. The molecule has 0 unspecified atom stereocenters. The molecule has 0 radical (unpaired) electrons. The van der Waals surface area contributed by atoms with E-state index >= 15 is 0 Å². The summed E-state index contributed by atoms with van der Waals surface area (Å²) in [6.45, 7) is 7.95. The summed E-state index contributed by atoms with van der Waals surface area (Å²) in [5.41, 5.74) is 0. The van der Waals surface area contributed by atoms with Crippen LogP contribution in [-0.4, -0.2) is 22.2 Å². The van der Waals surface area contributed by atoms with E-state index in [9.17, 15) is 9.59 Å².